The van der Waals surface area contributed by atoms with Gasteiger partial charge in [0.1, 0.15) is 4.32 Å². The molecule has 4 heteroatoms. The lowest BCUT2D eigenvalue weighted by Crippen LogP contribution is -2.29. The summed E-state index contributed by atoms with van der Waals surface area (Å²) in [6.45, 7) is 3.07. The fraction of sp³-hybridized carbons (Fsp3) is 0.833. The van der Waals surface area contributed by atoms with E-state index in [4.69, 9.17) is 12.2 Å². The molecule has 1 aliphatic heterocycles. The highest BCUT2D eigenvalue weighted by Gasteiger charge is 2.25. The summed E-state index contributed by atoms with van der Waals surface area (Å²) in [5, 5.41) is 0. The smallest absolute Gasteiger partial charge is 0.238 e. The highest BCUT2D eigenvalue weighted by Crippen LogP contribution is 2.20. The van der Waals surface area contributed by atoms with E-state index in [0.29, 0.717) is 5.75 Å². The molecule has 1 heterocycles. The van der Waals surface area contributed by atoms with E-state index < -0.39 is 0 Å². The molecule has 1 aliphatic rings. The molecule has 92 valence electrons. The molecule has 1 amide bonds. The highest BCUT2D eigenvalue weighted by atomic mass is 32.2. The van der Waals surface area contributed by atoms with Gasteiger partial charge in [0.2, 0.25) is 5.91 Å². The molecule has 0 aromatic rings. The summed E-state index contributed by atoms with van der Waals surface area (Å²) in [5.41, 5.74) is 0. The third-order valence-electron chi connectivity index (χ3n) is 2.83. The van der Waals surface area contributed by atoms with Gasteiger partial charge in [-0.15, -0.1) is 0 Å². The van der Waals surface area contributed by atoms with E-state index in [-0.39, 0.29) is 5.91 Å². The molecular weight excluding hydrogens is 238 g/mol. The Balaban J connectivity index is 1.98. The monoisotopic (exact) mass is 259 g/mol. The van der Waals surface area contributed by atoms with Crippen LogP contribution in [0, 0.1) is 0 Å². The minimum atomic E-state index is 0.195. The summed E-state index contributed by atoms with van der Waals surface area (Å²) >= 11 is 6.62. The molecule has 1 fully saturated rings. The summed E-state index contributed by atoms with van der Waals surface area (Å²) < 4.78 is 0.774. The van der Waals surface area contributed by atoms with Gasteiger partial charge in [-0.2, -0.15) is 0 Å². The number of carbonyl (C=O) groups is 1. The number of nitrogens with zero attached hydrogens (tertiary/aromatic N) is 1. The largest absolute Gasteiger partial charge is 0.297 e. The van der Waals surface area contributed by atoms with Crippen LogP contribution in [0.5, 0.6) is 0 Å². The van der Waals surface area contributed by atoms with E-state index >= 15 is 0 Å². The average molecular weight is 259 g/mol. The van der Waals surface area contributed by atoms with Gasteiger partial charge in [0.25, 0.3) is 0 Å². The van der Waals surface area contributed by atoms with Gasteiger partial charge in [0, 0.05) is 6.54 Å². The first kappa shape index (κ1) is 14.0. The minimum absolute atomic E-state index is 0.195. The zero-order valence-corrected chi connectivity index (χ0v) is 11.7. The van der Waals surface area contributed by atoms with Crippen LogP contribution < -0.4 is 0 Å². The summed E-state index contributed by atoms with van der Waals surface area (Å²) in [6, 6.07) is 0. The lowest BCUT2D eigenvalue weighted by atomic mass is 10.1. The number of unbranched alkanes of at least 4 members (excludes halogenated alkanes) is 6. The molecule has 0 unspecified atom stereocenters. The Morgan fingerprint density at radius 3 is 2.38 bits per heavy atom. The first-order chi connectivity index (χ1) is 7.75. The van der Waals surface area contributed by atoms with Gasteiger partial charge in [-0.3, -0.25) is 9.69 Å². The molecule has 0 atom stereocenters. The van der Waals surface area contributed by atoms with Crippen molar-refractivity contribution in [1.82, 2.24) is 4.90 Å². The number of carbonyl (C=O) groups excluding carboxylic acids is 1. The molecule has 0 spiro atoms. The quantitative estimate of drug-likeness (QED) is 0.491. The number of amides is 1. The molecule has 0 N–H and O–H groups in total. The van der Waals surface area contributed by atoms with Crippen molar-refractivity contribution in [2.24, 2.45) is 0 Å². The van der Waals surface area contributed by atoms with E-state index in [1.807, 2.05) is 0 Å². The Bertz CT molecular complexity index is 227. The summed E-state index contributed by atoms with van der Waals surface area (Å²) in [6.07, 6.45) is 8.95. The van der Waals surface area contributed by atoms with Crippen LogP contribution in [0.15, 0.2) is 0 Å². The van der Waals surface area contributed by atoms with Crippen LogP contribution in [0.3, 0.4) is 0 Å². The number of rotatable bonds is 8. The zero-order valence-electron chi connectivity index (χ0n) is 10.0. The Labute approximate surface area is 108 Å². The van der Waals surface area contributed by atoms with Crippen LogP contribution in [-0.2, 0) is 4.79 Å². The Morgan fingerprint density at radius 2 is 1.81 bits per heavy atom. The Morgan fingerprint density at radius 1 is 1.19 bits per heavy atom. The van der Waals surface area contributed by atoms with Gasteiger partial charge in [-0.1, -0.05) is 69.4 Å². The van der Waals surface area contributed by atoms with Crippen molar-refractivity contribution in [3.63, 3.8) is 0 Å². The molecule has 0 aromatic heterocycles. The summed E-state index contributed by atoms with van der Waals surface area (Å²) in [5.74, 6) is 0.746. The zero-order chi connectivity index (χ0) is 11.8. The number of hydrogen-bond acceptors (Lipinski definition) is 3. The van der Waals surface area contributed by atoms with Crippen LogP contribution >= 0.6 is 24.0 Å². The first-order valence-electron chi connectivity index (χ1n) is 6.23. The van der Waals surface area contributed by atoms with Gasteiger partial charge in [-0.25, -0.2) is 0 Å². The molecule has 0 bridgehead atoms. The summed E-state index contributed by atoms with van der Waals surface area (Å²) in [7, 11) is 0. The van der Waals surface area contributed by atoms with Gasteiger partial charge in [-0.05, 0) is 6.42 Å². The first-order valence-corrected chi connectivity index (χ1v) is 7.62. The van der Waals surface area contributed by atoms with Crippen molar-refractivity contribution in [3.8, 4) is 0 Å². The molecular formula is C12H21NOS2. The predicted octanol–water partition coefficient (Wildman–Crippen LogP) is 3.60. The van der Waals surface area contributed by atoms with Crippen molar-refractivity contribution in [2.45, 2.75) is 51.9 Å². The lowest BCUT2D eigenvalue weighted by molar-refractivity contribution is -0.124. The number of thiocarbonyl (C=S) groups is 1. The fourth-order valence-electron chi connectivity index (χ4n) is 1.82. The topological polar surface area (TPSA) is 20.3 Å². The highest BCUT2D eigenvalue weighted by molar-refractivity contribution is 8.23. The molecule has 0 aromatic carbocycles. The van der Waals surface area contributed by atoms with Gasteiger partial charge in [0.05, 0.1) is 5.75 Å². The second kappa shape index (κ2) is 8.07. The Kier molecular flexibility index (Phi) is 7.05. The molecule has 1 rings (SSSR count). The van der Waals surface area contributed by atoms with Crippen molar-refractivity contribution in [3.05, 3.63) is 0 Å². The second-order valence-corrected chi connectivity index (χ2v) is 5.83. The summed E-state index contributed by atoms with van der Waals surface area (Å²) in [4.78, 5) is 13.2. The maximum atomic E-state index is 11.4. The van der Waals surface area contributed by atoms with Crippen molar-refractivity contribution < 1.29 is 4.79 Å². The number of hydrogen-bond donors (Lipinski definition) is 0. The SMILES string of the molecule is CCCCCCCCCN1C(=O)CSC1=S. The Hall–Kier alpha value is -0.0900. The fourth-order valence-corrected chi connectivity index (χ4v) is 2.95. The molecule has 0 radical (unpaired) electrons. The maximum absolute atomic E-state index is 11.4. The third-order valence-corrected chi connectivity index (χ3v) is 4.26. The normalized spacial score (nSPS) is 16.2. The maximum Gasteiger partial charge on any atom is 0.238 e. The van der Waals surface area contributed by atoms with Crippen molar-refractivity contribution >= 4 is 34.2 Å². The van der Waals surface area contributed by atoms with Gasteiger partial charge in [0.15, 0.2) is 0 Å². The third kappa shape index (κ3) is 4.83. The van der Waals surface area contributed by atoms with E-state index in [2.05, 4.69) is 6.92 Å². The van der Waals surface area contributed by atoms with E-state index in [9.17, 15) is 4.79 Å². The van der Waals surface area contributed by atoms with Crippen LogP contribution in [0.2, 0.25) is 0 Å². The van der Waals surface area contributed by atoms with Crippen LogP contribution in [-0.4, -0.2) is 27.4 Å². The van der Waals surface area contributed by atoms with Crippen LogP contribution in [0.25, 0.3) is 0 Å². The molecule has 2 nitrogen and oxygen atoms in total. The lowest BCUT2D eigenvalue weighted by Gasteiger charge is -2.14. The minimum Gasteiger partial charge on any atom is -0.297 e. The second-order valence-electron chi connectivity index (χ2n) is 4.22. The standard InChI is InChI=1S/C12H21NOS2/c1-2-3-4-5-6-7-8-9-13-11(14)10-16-12(13)15/h2-10H2,1H3. The molecule has 0 aliphatic carbocycles. The average Bonchev–Trinajstić information content (AvgIpc) is 2.59. The number of thioether (sulfide) groups is 1. The van der Waals surface area contributed by atoms with E-state index in [1.54, 1.807) is 4.90 Å². The molecule has 16 heavy (non-hydrogen) atoms. The van der Waals surface area contributed by atoms with Crippen molar-refractivity contribution in [2.75, 3.05) is 12.3 Å². The molecule has 1 saturated heterocycles. The van der Waals surface area contributed by atoms with E-state index in [0.717, 1.165) is 17.3 Å². The van der Waals surface area contributed by atoms with E-state index in [1.165, 1.54) is 50.3 Å². The van der Waals surface area contributed by atoms with Gasteiger partial charge < -0.3 is 0 Å². The predicted molar refractivity (Wildman–Crippen MR) is 74.8 cm³/mol. The molecule has 0 saturated carbocycles. The van der Waals surface area contributed by atoms with Gasteiger partial charge >= 0.3 is 0 Å². The van der Waals surface area contributed by atoms with Crippen LogP contribution in [0.1, 0.15) is 51.9 Å². The van der Waals surface area contributed by atoms with Crippen LogP contribution in [0.4, 0.5) is 0 Å². The van der Waals surface area contributed by atoms with Crippen molar-refractivity contribution in [1.29, 1.82) is 0 Å².